The van der Waals surface area contributed by atoms with Crippen LogP contribution < -0.4 is 11.0 Å². The summed E-state index contributed by atoms with van der Waals surface area (Å²) in [5.74, 6) is -0.369. The average Bonchev–Trinajstić information content (AvgIpc) is 2.97. The molecule has 1 amide bonds. The van der Waals surface area contributed by atoms with Gasteiger partial charge in [0, 0.05) is 33.6 Å². The van der Waals surface area contributed by atoms with E-state index < -0.39 is 10.0 Å². The molecule has 0 spiro atoms. The SMILES string of the molecule is CCn1c(=O)n(CCC(=O)Nc2ccccc2S(=O)(=O)N(C)C)c2ccccc21. The fraction of sp³-hybridized carbons (Fsp3) is 0.300. The number of carbonyl (C=O) groups is 1. The third-order valence-corrected chi connectivity index (χ3v) is 6.60. The van der Waals surface area contributed by atoms with Crippen molar-refractivity contribution in [3.05, 3.63) is 59.0 Å². The van der Waals surface area contributed by atoms with Crippen LogP contribution in [0, 0.1) is 0 Å². The van der Waals surface area contributed by atoms with Crippen molar-refractivity contribution in [2.75, 3.05) is 19.4 Å². The number of carbonyl (C=O) groups excluding carboxylic acids is 1. The first-order valence-electron chi connectivity index (χ1n) is 9.26. The Balaban J connectivity index is 1.82. The Morgan fingerprint density at radius 1 is 1.00 bits per heavy atom. The molecule has 0 unspecified atom stereocenters. The summed E-state index contributed by atoms with van der Waals surface area (Å²) in [6.07, 6.45) is 0.0357. The van der Waals surface area contributed by atoms with Crippen molar-refractivity contribution in [2.24, 2.45) is 0 Å². The zero-order valence-corrected chi connectivity index (χ0v) is 17.4. The van der Waals surface area contributed by atoms with E-state index in [2.05, 4.69) is 5.32 Å². The van der Waals surface area contributed by atoms with Gasteiger partial charge in [-0.05, 0) is 31.2 Å². The van der Waals surface area contributed by atoms with Crippen molar-refractivity contribution >= 4 is 32.7 Å². The van der Waals surface area contributed by atoms with E-state index in [1.165, 1.54) is 20.2 Å². The van der Waals surface area contributed by atoms with Crippen LogP contribution in [0.3, 0.4) is 0 Å². The monoisotopic (exact) mass is 416 g/mol. The predicted molar refractivity (Wildman–Crippen MR) is 112 cm³/mol. The second kappa shape index (κ2) is 8.22. The topological polar surface area (TPSA) is 93.4 Å². The minimum Gasteiger partial charge on any atom is -0.325 e. The second-order valence-electron chi connectivity index (χ2n) is 6.75. The molecule has 29 heavy (non-hydrogen) atoms. The van der Waals surface area contributed by atoms with Crippen LogP contribution in [-0.2, 0) is 27.9 Å². The lowest BCUT2D eigenvalue weighted by molar-refractivity contribution is -0.116. The molecule has 1 aromatic heterocycles. The molecular formula is C20H24N4O4S. The molecule has 0 saturated heterocycles. The van der Waals surface area contributed by atoms with Crippen molar-refractivity contribution in [1.82, 2.24) is 13.4 Å². The Hall–Kier alpha value is -2.91. The summed E-state index contributed by atoms with van der Waals surface area (Å²) < 4.78 is 29.3. The molecule has 1 N–H and O–H groups in total. The van der Waals surface area contributed by atoms with Crippen LogP contribution in [0.1, 0.15) is 13.3 Å². The van der Waals surface area contributed by atoms with E-state index in [-0.39, 0.29) is 35.1 Å². The summed E-state index contributed by atoms with van der Waals surface area (Å²) >= 11 is 0. The molecule has 8 nitrogen and oxygen atoms in total. The van der Waals surface area contributed by atoms with Gasteiger partial charge in [-0.25, -0.2) is 17.5 Å². The smallest absolute Gasteiger partial charge is 0.325 e. The highest BCUT2D eigenvalue weighted by atomic mass is 32.2. The largest absolute Gasteiger partial charge is 0.329 e. The van der Waals surface area contributed by atoms with Gasteiger partial charge in [0.05, 0.1) is 16.7 Å². The van der Waals surface area contributed by atoms with Gasteiger partial charge >= 0.3 is 5.69 Å². The van der Waals surface area contributed by atoms with Gasteiger partial charge < -0.3 is 5.32 Å². The summed E-state index contributed by atoms with van der Waals surface area (Å²) in [5.41, 5.74) is 1.64. The van der Waals surface area contributed by atoms with E-state index in [0.29, 0.717) is 6.54 Å². The van der Waals surface area contributed by atoms with Crippen LogP contribution in [0.2, 0.25) is 0 Å². The minimum atomic E-state index is -3.70. The highest BCUT2D eigenvalue weighted by molar-refractivity contribution is 7.89. The fourth-order valence-electron chi connectivity index (χ4n) is 3.21. The van der Waals surface area contributed by atoms with Crippen molar-refractivity contribution in [2.45, 2.75) is 31.3 Å². The maximum Gasteiger partial charge on any atom is 0.329 e. The Morgan fingerprint density at radius 3 is 2.21 bits per heavy atom. The summed E-state index contributed by atoms with van der Waals surface area (Å²) in [7, 11) is -0.827. The third-order valence-electron chi connectivity index (χ3n) is 4.72. The number of sulfonamides is 1. The number of imidazole rings is 1. The highest BCUT2D eigenvalue weighted by Gasteiger charge is 2.22. The lowest BCUT2D eigenvalue weighted by atomic mass is 10.3. The van der Waals surface area contributed by atoms with Gasteiger partial charge in [-0.15, -0.1) is 0 Å². The van der Waals surface area contributed by atoms with Gasteiger partial charge in [0.1, 0.15) is 4.90 Å². The molecule has 154 valence electrons. The number of amides is 1. The number of para-hydroxylation sites is 3. The van der Waals surface area contributed by atoms with Gasteiger partial charge in [-0.1, -0.05) is 24.3 Å². The number of rotatable bonds is 7. The van der Waals surface area contributed by atoms with Crippen LogP contribution in [-0.4, -0.2) is 41.9 Å². The van der Waals surface area contributed by atoms with Crippen LogP contribution >= 0.6 is 0 Å². The van der Waals surface area contributed by atoms with Crippen LogP contribution in [0.15, 0.2) is 58.2 Å². The normalized spacial score (nSPS) is 11.9. The number of anilines is 1. The summed E-state index contributed by atoms with van der Waals surface area (Å²) in [6, 6.07) is 13.7. The van der Waals surface area contributed by atoms with E-state index in [9.17, 15) is 18.0 Å². The highest BCUT2D eigenvalue weighted by Crippen LogP contribution is 2.23. The molecule has 0 aliphatic heterocycles. The lowest BCUT2D eigenvalue weighted by Crippen LogP contribution is -2.26. The van der Waals surface area contributed by atoms with Crippen LogP contribution in [0.4, 0.5) is 5.69 Å². The summed E-state index contributed by atoms with van der Waals surface area (Å²) in [6.45, 7) is 2.63. The van der Waals surface area contributed by atoms with Crippen molar-refractivity contribution in [1.29, 1.82) is 0 Å². The number of nitrogens with one attached hydrogen (secondary N) is 1. The Labute approximate surface area is 169 Å². The fourth-order valence-corrected chi connectivity index (χ4v) is 4.25. The van der Waals surface area contributed by atoms with E-state index in [4.69, 9.17) is 0 Å². The zero-order valence-electron chi connectivity index (χ0n) is 16.6. The number of fused-ring (bicyclic) bond motifs is 1. The lowest BCUT2D eigenvalue weighted by Gasteiger charge is -2.15. The molecule has 0 bridgehead atoms. The molecule has 0 saturated carbocycles. The molecule has 0 aliphatic rings. The quantitative estimate of drug-likeness (QED) is 0.638. The van der Waals surface area contributed by atoms with Crippen molar-refractivity contribution < 1.29 is 13.2 Å². The van der Waals surface area contributed by atoms with Gasteiger partial charge in [0.15, 0.2) is 0 Å². The van der Waals surface area contributed by atoms with E-state index in [1.54, 1.807) is 27.3 Å². The molecule has 3 rings (SSSR count). The molecule has 0 radical (unpaired) electrons. The van der Waals surface area contributed by atoms with Crippen LogP contribution in [0.5, 0.6) is 0 Å². The second-order valence-corrected chi connectivity index (χ2v) is 8.87. The van der Waals surface area contributed by atoms with Crippen LogP contribution in [0.25, 0.3) is 11.0 Å². The maximum absolute atomic E-state index is 12.7. The number of aryl methyl sites for hydroxylation is 2. The number of benzene rings is 2. The number of nitrogens with zero attached hydrogens (tertiary/aromatic N) is 3. The number of aromatic nitrogens is 2. The molecule has 3 aromatic rings. The van der Waals surface area contributed by atoms with E-state index in [1.807, 2.05) is 31.2 Å². The maximum atomic E-state index is 12.7. The average molecular weight is 417 g/mol. The minimum absolute atomic E-state index is 0.0260. The van der Waals surface area contributed by atoms with E-state index >= 15 is 0 Å². The molecular weight excluding hydrogens is 392 g/mol. The Bertz CT molecular complexity index is 1210. The molecule has 9 heteroatoms. The van der Waals surface area contributed by atoms with Crippen molar-refractivity contribution in [3.63, 3.8) is 0 Å². The molecule has 2 aromatic carbocycles. The van der Waals surface area contributed by atoms with Gasteiger partial charge in [-0.2, -0.15) is 0 Å². The number of hydrogen-bond donors (Lipinski definition) is 1. The van der Waals surface area contributed by atoms with E-state index in [0.717, 1.165) is 15.3 Å². The standard InChI is InChI=1S/C20H24N4O4S/c1-4-23-16-10-6-7-11-17(16)24(20(23)26)14-13-19(25)21-15-9-5-8-12-18(15)29(27,28)22(2)3/h5-12H,4,13-14H2,1-3H3,(H,21,25). The van der Waals surface area contributed by atoms with Gasteiger partial charge in [0.2, 0.25) is 15.9 Å². The Morgan fingerprint density at radius 2 is 1.59 bits per heavy atom. The first-order valence-corrected chi connectivity index (χ1v) is 10.7. The summed E-state index contributed by atoms with van der Waals surface area (Å²) in [4.78, 5) is 25.2. The van der Waals surface area contributed by atoms with Gasteiger partial charge in [0.25, 0.3) is 0 Å². The zero-order chi connectivity index (χ0) is 21.2. The van der Waals surface area contributed by atoms with Gasteiger partial charge in [-0.3, -0.25) is 13.9 Å². The first kappa shape index (κ1) is 20.8. The molecule has 0 fully saturated rings. The van der Waals surface area contributed by atoms with Crippen molar-refractivity contribution in [3.8, 4) is 0 Å². The first-order chi connectivity index (χ1) is 13.8. The molecule has 0 atom stereocenters. The Kier molecular flexibility index (Phi) is 5.90. The number of hydrogen-bond acceptors (Lipinski definition) is 4. The molecule has 1 heterocycles. The molecule has 0 aliphatic carbocycles. The summed E-state index contributed by atoms with van der Waals surface area (Å²) in [5, 5.41) is 2.66. The predicted octanol–water partition coefficient (Wildman–Crippen LogP) is 2.10. The third kappa shape index (κ3) is 3.96.